The van der Waals surface area contributed by atoms with Crippen LogP contribution in [0.1, 0.15) is 30.9 Å². The van der Waals surface area contributed by atoms with Gasteiger partial charge < -0.3 is 14.8 Å². The Morgan fingerprint density at radius 2 is 1.62 bits per heavy atom. The summed E-state index contributed by atoms with van der Waals surface area (Å²) in [6.45, 7) is 5.18. The van der Waals surface area contributed by atoms with Crippen molar-refractivity contribution in [2.45, 2.75) is 26.3 Å². The minimum absolute atomic E-state index is 0.234. The number of allylic oxidation sites excluding steroid dienone is 2. The minimum atomic E-state index is -0.596. The molecule has 3 rings (SSSR count). The standard InChI is InChI=1S/C25H29N3O4/c1-17-21(24(29)31-4)23(20-10-12-26-13-11-20)22(18(2)27-17)25(30)32-15-14-28(3)16-19-8-6-5-7-9-19/h5-13,23,27H,14-16H2,1-4H3. The first-order chi connectivity index (χ1) is 15.4. The molecule has 1 N–H and O–H groups in total. The van der Waals surface area contributed by atoms with Gasteiger partial charge in [0.25, 0.3) is 0 Å². The second-order valence-corrected chi connectivity index (χ2v) is 7.77. The maximum absolute atomic E-state index is 13.2. The number of nitrogens with zero attached hydrogens (tertiary/aromatic N) is 2. The van der Waals surface area contributed by atoms with E-state index in [1.165, 1.54) is 12.7 Å². The number of benzene rings is 1. The molecule has 0 saturated carbocycles. The van der Waals surface area contributed by atoms with E-state index in [1.54, 1.807) is 31.5 Å². The molecule has 0 aliphatic carbocycles. The van der Waals surface area contributed by atoms with Crippen LogP contribution in [0, 0.1) is 0 Å². The van der Waals surface area contributed by atoms with Crippen molar-refractivity contribution in [1.82, 2.24) is 15.2 Å². The molecule has 168 valence electrons. The van der Waals surface area contributed by atoms with Crippen LogP contribution in [-0.2, 0) is 25.6 Å². The summed E-state index contributed by atoms with van der Waals surface area (Å²) in [5.74, 6) is -1.54. The van der Waals surface area contributed by atoms with Crippen molar-refractivity contribution in [3.8, 4) is 0 Å². The first-order valence-corrected chi connectivity index (χ1v) is 10.5. The molecular weight excluding hydrogens is 406 g/mol. The van der Waals surface area contributed by atoms with Crippen LogP contribution in [-0.4, -0.2) is 49.1 Å². The summed E-state index contributed by atoms with van der Waals surface area (Å²) < 4.78 is 10.7. The monoisotopic (exact) mass is 435 g/mol. The van der Waals surface area contributed by atoms with E-state index >= 15 is 0 Å². The molecule has 2 aromatic rings. The lowest BCUT2D eigenvalue weighted by Gasteiger charge is -2.30. The van der Waals surface area contributed by atoms with Gasteiger partial charge in [0.1, 0.15) is 6.61 Å². The number of carbonyl (C=O) groups excluding carboxylic acids is 2. The molecule has 0 amide bonds. The quantitative estimate of drug-likeness (QED) is 0.638. The Kier molecular flexibility index (Phi) is 7.78. The molecular formula is C25H29N3O4. The van der Waals surface area contributed by atoms with Crippen LogP contribution in [0.3, 0.4) is 0 Å². The summed E-state index contributed by atoms with van der Waals surface area (Å²) in [6, 6.07) is 13.7. The number of ether oxygens (including phenoxy) is 2. The minimum Gasteiger partial charge on any atom is -0.466 e. The third kappa shape index (κ3) is 5.42. The number of hydrogen-bond acceptors (Lipinski definition) is 7. The molecule has 32 heavy (non-hydrogen) atoms. The number of nitrogens with one attached hydrogen (secondary N) is 1. The van der Waals surface area contributed by atoms with Gasteiger partial charge >= 0.3 is 11.9 Å². The number of esters is 2. The van der Waals surface area contributed by atoms with E-state index in [0.29, 0.717) is 29.1 Å². The number of dihydropyridines is 1. The van der Waals surface area contributed by atoms with E-state index in [1.807, 2.05) is 32.2 Å². The Hall–Kier alpha value is -3.45. The average Bonchev–Trinajstić information content (AvgIpc) is 2.79. The number of aromatic nitrogens is 1. The molecule has 1 aliphatic heterocycles. The van der Waals surface area contributed by atoms with Crippen LogP contribution >= 0.6 is 0 Å². The number of likely N-dealkylation sites (N-methyl/N-ethyl adjacent to an activating group) is 1. The Morgan fingerprint density at radius 3 is 2.25 bits per heavy atom. The molecule has 0 spiro atoms. The Bertz CT molecular complexity index is 1020. The van der Waals surface area contributed by atoms with Crippen molar-refractivity contribution < 1.29 is 19.1 Å². The zero-order chi connectivity index (χ0) is 23.1. The normalized spacial score (nSPS) is 16.1. The topological polar surface area (TPSA) is 80.8 Å². The predicted octanol–water partition coefficient (Wildman–Crippen LogP) is 3.16. The molecule has 1 aromatic carbocycles. The zero-order valence-corrected chi connectivity index (χ0v) is 18.9. The van der Waals surface area contributed by atoms with Gasteiger partial charge in [0.15, 0.2) is 0 Å². The molecule has 0 radical (unpaired) electrons. The van der Waals surface area contributed by atoms with Gasteiger partial charge in [-0.05, 0) is 44.2 Å². The van der Waals surface area contributed by atoms with Crippen LogP contribution < -0.4 is 5.32 Å². The number of hydrogen-bond donors (Lipinski definition) is 1. The van der Waals surface area contributed by atoms with Gasteiger partial charge in [-0.1, -0.05) is 30.3 Å². The smallest absolute Gasteiger partial charge is 0.336 e. The molecule has 0 fully saturated rings. The fourth-order valence-electron chi connectivity index (χ4n) is 3.88. The van der Waals surface area contributed by atoms with E-state index < -0.39 is 17.9 Å². The molecule has 1 atom stereocenters. The zero-order valence-electron chi connectivity index (χ0n) is 18.9. The van der Waals surface area contributed by atoms with Crippen LogP contribution in [0.2, 0.25) is 0 Å². The highest BCUT2D eigenvalue weighted by Gasteiger charge is 2.37. The third-order valence-electron chi connectivity index (χ3n) is 5.43. The van der Waals surface area contributed by atoms with Crippen LogP contribution in [0.4, 0.5) is 0 Å². The highest BCUT2D eigenvalue weighted by Crippen LogP contribution is 2.38. The van der Waals surface area contributed by atoms with Crippen LogP contribution in [0.15, 0.2) is 77.4 Å². The van der Waals surface area contributed by atoms with Crippen molar-refractivity contribution in [1.29, 1.82) is 0 Å². The first kappa shape index (κ1) is 23.2. The molecule has 2 heterocycles. The first-order valence-electron chi connectivity index (χ1n) is 10.5. The second kappa shape index (κ2) is 10.7. The summed E-state index contributed by atoms with van der Waals surface area (Å²) >= 11 is 0. The van der Waals surface area contributed by atoms with Crippen molar-refractivity contribution in [3.05, 3.63) is 88.5 Å². The van der Waals surface area contributed by atoms with E-state index in [9.17, 15) is 9.59 Å². The fraction of sp³-hybridized carbons (Fsp3) is 0.320. The number of rotatable bonds is 8. The van der Waals surface area contributed by atoms with Crippen LogP contribution in [0.25, 0.3) is 0 Å². The van der Waals surface area contributed by atoms with Crippen molar-refractivity contribution in [2.24, 2.45) is 0 Å². The van der Waals surface area contributed by atoms with Gasteiger partial charge in [-0.25, -0.2) is 9.59 Å². The number of methoxy groups -OCH3 is 1. The second-order valence-electron chi connectivity index (χ2n) is 7.77. The Balaban J connectivity index is 1.75. The molecule has 0 bridgehead atoms. The molecule has 7 nitrogen and oxygen atoms in total. The Labute approximate surface area is 188 Å². The lowest BCUT2D eigenvalue weighted by Crippen LogP contribution is -2.33. The van der Waals surface area contributed by atoms with Gasteiger partial charge in [0.2, 0.25) is 0 Å². The average molecular weight is 436 g/mol. The lowest BCUT2D eigenvalue weighted by molar-refractivity contribution is -0.139. The van der Waals surface area contributed by atoms with Gasteiger partial charge in [-0.15, -0.1) is 0 Å². The summed E-state index contributed by atoms with van der Waals surface area (Å²) in [5.41, 5.74) is 4.05. The summed E-state index contributed by atoms with van der Waals surface area (Å²) in [4.78, 5) is 31.9. The molecule has 7 heteroatoms. The van der Waals surface area contributed by atoms with Crippen molar-refractivity contribution in [3.63, 3.8) is 0 Å². The fourth-order valence-corrected chi connectivity index (χ4v) is 3.88. The lowest BCUT2D eigenvalue weighted by atomic mass is 9.81. The van der Waals surface area contributed by atoms with E-state index in [2.05, 4.69) is 27.3 Å². The van der Waals surface area contributed by atoms with Gasteiger partial charge in [-0.3, -0.25) is 9.88 Å². The number of carbonyl (C=O) groups is 2. The summed E-state index contributed by atoms with van der Waals surface area (Å²) in [7, 11) is 3.31. The van der Waals surface area contributed by atoms with Crippen LogP contribution in [0.5, 0.6) is 0 Å². The maximum Gasteiger partial charge on any atom is 0.336 e. The summed E-state index contributed by atoms with van der Waals surface area (Å²) in [5, 5.41) is 3.14. The molecule has 1 unspecified atom stereocenters. The molecule has 1 aliphatic rings. The maximum atomic E-state index is 13.2. The Morgan fingerprint density at radius 1 is 1.00 bits per heavy atom. The summed E-state index contributed by atoms with van der Waals surface area (Å²) in [6.07, 6.45) is 3.27. The largest absolute Gasteiger partial charge is 0.466 e. The number of pyridine rings is 1. The van der Waals surface area contributed by atoms with E-state index in [0.717, 1.165) is 12.1 Å². The highest BCUT2D eigenvalue weighted by atomic mass is 16.5. The van der Waals surface area contributed by atoms with Crippen molar-refractivity contribution in [2.75, 3.05) is 27.3 Å². The van der Waals surface area contributed by atoms with Crippen molar-refractivity contribution >= 4 is 11.9 Å². The molecule has 0 saturated heterocycles. The van der Waals surface area contributed by atoms with Gasteiger partial charge in [0, 0.05) is 36.9 Å². The van der Waals surface area contributed by atoms with E-state index in [4.69, 9.17) is 9.47 Å². The van der Waals surface area contributed by atoms with E-state index in [-0.39, 0.29) is 6.61 Å². The van der Waals surface area contributed by atoms with Gasteiger partial charge in [-0.2, -0.15) is 0 Å². The third-order valence-corrected chi connectivity index (χ3v) is 5.43. The highest BCUT2D eigenvalue weighted by molar-refractivity contribution is 5.99. The van der Waals surface area contributed by atoms with Gasteiger partial charge in [0.05, 0.1) is 24.2 Å². The predicted molar refractivity (Wildman–Crippen MR) is 121 cm³/mol. The SMILES string of the molecule is COC(=O)C1=C(C)NC(C)=C(C(=O)OCCN(C)Cc2ccccc2)C1c1ccncc1. The molecule has 1 aromatic heterocycles.